The molecule has 0 bridgehead atoms. The molecule has 0 aromatic rings. The zero-order valence-corrected chi connectivity index (χ0v) is 13.4. The van der Waals surface area contributed by atoms with E-state index < -0.39 is 0 Å². The fraction of sp³-hybridized carbons (Fsp3) is 1.00. The third kappa shape index (κ3) is 6.73. The van der Waals surface area contributed by atoms with Gasteiger partial charge in [-0.1, -0.05) is 20.8 Å². The lowest BCUT2D eigenvalue weighted by atomic mass is 10.1. The summed E-state index contributed by atoms with van der Waals surface area (Å²) >= 11 is 0. The fourth-order valence-electron chi connectivity index (χ4n) is 3.14. The monoisotopic (exact) mass is 269 g/mol. The minimum absolute atomic E-state index is 0.709. The first-order valence-electron chi connectivity index (χ1n) is 8.33. The quantitative estimate of drug-likeness (QED) is 0.735. The van der Waals surface area contributed by atoms with Gasteiger partial charge in [-0.2, -0.15) is 0 Å². The highest BCUT2D eigenvalue weighted by molar-refractivity contribution is 4.76. The smallest absolute Gasteiger partial charge is 0.0112 e. The maximum atomic E-state index is 5.73. The van der Waals surface area contributed by atoms with Gasteiger partial charge in [0, 0.05) is 19.1 Å². The Balaban J connectivity index is 2.29. The molecule has 2 N–H and O–H groups in total. The highest BCUT2D eigenvalue weighted by Crippen LogP contribution is 2.13. The summed E-state index contributed by atoms with van der Waals surface area (Å²) in [6.07, 6.45) is 6.44. The van der Waals surface area contributed by atoms with E-state index >= 15 is 0 Å². The van der Waals surface area contributed by atoms with Crippen LogP contribution in [0.4, 0.5) is 0 Å². The highest BCUT2D eigenvalue weighted by Gasteiger charge is 2.20. The second-order valence-corrected chi connectivity index (χ2v) is 6.41. The number of rotatable bonds is 8. The summed E-state index contributed by atoms with van der Waals surface area (Å²) in [6.45, 7) is 14.1. The van der Waals surface area contributed by atoms with E-state index in [2.05, 4.69) is 30.6 Å². The van der Waals surface area contributed by atoms with Crippen LogP contribution in [0.5, 0.6) is 0 Å². The molecule has 1 aliphatic rings. The van der Waals surface area contributed by atoms with Gasteiger partial charge >= 0.3 is 0 Å². The van der Waals surface area contributed by atoms with Crippen molar-refractivity contribution >= 4 is 0 Å². The number of hydrogen-bond acceptors (Lipinski definition) is 3. The Bertz CT molecular complexity index is 218. The Hall–Kier alpha value is -0.120. The van der Waals surface area contributed by atoms with Crippen molar-refractivity contribution in [3.63, 3.8) is 0 Å². The molecule has 0 aromatic heterocycles. The summed E-state index contributed by atoms with van der Waals surface area (Å²) in [6, 6.07) is 0.709. The number of hydrogen-bond donors (Lipinski definition) is 1. The summed E-state index contributed by atoms with van der Waals surface area (Å²) in [4.78, 5) is 5.34. The van der Waals surface area contributed by atoms with Crippen LogP contribution in [0.25, 0.3) is 0 Å². The lowest BCUT2D eigenvalue weighted by Gasteiger charge is -2.29. The molecule has 1 rings (SSSR count). The van der Waals surface area contributed by atoms with Crippen molar-refractivity contribution in [2.75, 3.05) is 39.3 Å². The molecule has 3 heteroatoms. The molecule has 3 nitrogen and oxygen atoms in total. The first-order valence-corrected chi connectivity index (χ1v) is 8.33. The summed E-state index contributed by atoms with van der Waals surface area (Å²) in [5.41, 5.74) is 5.73. The topological polar surface area (TPSA) is 32.5 Å². The largest absolute Gasteiger partial charge is 0.330 e. The Kier molecular flexibility index (Phi) is 8.67. The highest BCUT2D eigenvalue weighted by atomic mass is 15.2. The summed E-state index contributed by atoms with van der Waals surface area (Å²) < 4.78 is 0. The average Bonchev–Trinajstić information content (AvgIpc) is 2.61. The van der Waals surface area contributed by atoms with E-state index in [9.17, 15) is 0 Å². The van der Waals surface area contributed by atoms with Gasteiger partial charge in [0.15, 0.2) is 0 Å². The van der Waals surface area contributed by atoms with E-state index in [1.54, 1.807) is 0 Å². The van der Waals surface area contributed by atoms with Crippen molar-refractivity contribution in [3.8, 4) is 0 Å². The van der Waals surface area contributed by atoms with E-state index in [-0.39, 0.29) is 0 Å². The second-order valence-electron chi connectivity index (χ2n) is 6.41. The molecule has 1 unspecified atom stereocenters. The summed E-state index contributed by atoms with van der Waals surface area (Å²) in [5, 5.41) is 0. The minimum atomic E-state index is 0.709. The van der Waals surface area contributed by atoms with E-state index in [0.29, 0.717) is 6.04 Å². The van der Waals surface area contributed by atoms with Crippen LogP contribution in [0.3, 0.4) is 0 Å². The Labute approximate surface area is 120 Å². The lowest BCUT2D eigenvalue weighted by molar-refractivity contribution is 0.185. The Morgan fingerprint density at radius 3 is 2.47 bits per heavy atom. The molecule has 1 atom stereocenters. The molecule has 0 radical (unpaired) electrons. The predicted molar refractivity (Wildman–Crippen MR) is 84.5 cm³/mol. The average molecular weight is 269 g/mol. The van der Waals surface area contributed by atoms with Crippen molar-refractivity contribution < 1.29 is 0 Å². The van der Waals surface area contributed by atoms with Crippen molar-refractivity contribution in [3.05, 3.63) is 0 Å². The van der Waals surface area contributed by atoms with Gasteiger partial charge in [0.2, 0.25) is 0 Å². The molecule has 0 aromatic carbocycles. The van der Waals surface area contributed by atoms with E-state index in [1.807, 2.05) is 0 Å². The SMILES string of the molecule is CCC(CCN)N1CCCN(CCCC(C)C)CC1. The molecule has 19 heavy (non-hydrogen) atoms. The van der Waals surface area contributed by atoms with E-state index in [4.69, 9.17) is 5.73 Å². The number of nitrogens with zero attached hydrogens (tertiary/aromatic N) is 2. The second kappa shape index (κ2) is 9.73. The normalized spacial score (nSPS) is 20.7. The lowest BCUT2D eigenvalue weighted by Crippen LogP contribution is -2.39. The first-order chi connectivity index (χ1) is 9.17. The molecule has 1 heterocycles. The maximum Gasteiger partial charge on any atom is 0.0112 e. The van der Waals surface area contributed by atoms with Gasteiger partial charge in [0.1, 0.15) is 0 Å². The molecule has 0 spiro atoms. The van der Waals surface area contributed by atoms with Crippen LogP contribution in [-0.2, 0) is 0 Å². The molecule has 1 aliphatic heterocycles. The Morgan fingerprint density at radius 2 is 1.84 bits per heavy atom. The van der Waals surface area contributed by atoms with Crippen LogP contribution in [0.1, 0.15) is 52.9 Å². The molecule has 0 saturated carbocycles. The van der Waals surface area contributed by atoms with Crippen molar-refractivity contribution in [1.82, 2.24) is 9.80 Å². The minimum Gasteiger partial charge on any atom is -0.330 e. The zero-order valence-electron chi connectivity index (χ0n) is 13.4. The van der Waals surface area contributed by atoms with Crippen LogP contribution in [0.2, 0.25) is 0 Å². The van der Waals surface area contributed by atoms with Gasteiger partial charge < -0.3 is 10.6 Å². The standard InChI is InChI=1S/C16H35N3/c1-4-16(8-9-17)19-12-6-11-18(13-14-19)10-5-7-15(2)3/h15-16H,4-14,17H2,1-3H3. The van der Waals surface area contributed by atoms with E-state index in [0.717, 1.165) is 18.9 Å². The Morgan fingerprint density at radius 1 is 1.05 bits per heavy atom. The molecule has 0 aliphatic carbocycles. The van der Waals surface area contributed by atoms with Crippen LogP contribution < -0.4 is 5.73 Å². The van der Waals surface area contributed by atoms with Crippen LogP contribution in [0, 0.1) is 5.92 Å². The van der Waals surface area contributed by atoms with Crippen LogP contribution in [-0.4, -0.2) is 55.1 Å². The van der Waals surface area contributed by atoms with Crippen molar-refractivity contribution in [2.24, 2.45) is 11.7 Å². The maximum absolute atomic E-state index is 5.73. The number of nitrogens with two attached hydrogens (primary N) is 1. The third-order valence-corrected chi connectivity index (χ3v) is 4.37. The molecule has 114 valence electrons. The van der Waals surface area contributed by atoms with Gasteiger partial charge in [0.05, 0.1) is 0 Å². The van der Waals surface area contributed by atoms with Crippen LogP contribution >= 0.6 is 0 Å². The molecule has 1 fully saturated rings. The van der Waals surface area contributed by atoms with Gasteiger partial charge in [0.25, 0.3) is 0 Å². The summed E-state index contributed by atoms with van der Waals surface area (Å²) in [5.74, 6) is 0.845. The molecule has 1 saturated heterocycles. The van der Waals surface area contributed by atoms with E-state index in [1.165, 1.54) is 58.4 Å². The fourth-order valence-corrected chi connectivity index (χ4v) is 3.14. The van der Waals surface area contributed by atoms with Crippen LogP contribution in [0.15, 0.2) is 0 Å². The molecular weight excluding hydrogens is 234 g/mol. The first kappa shape index (κ1) is 16.9. The molecular formula is C16H35N3. The van der Waals surface area contributed by atoms with Gasteiger partial charge in [-0.05, 0) is 64.2 Å². The van der Waals surface area contributed by atoms with Gasteiger partial charge in [-0.3, -0.25) is 4.90 Å². The molecule has 0 amide bonds. The third-order valence-electron chi connectivity index (χ3n) is 4.37. The van der Waals surface area contributed by atoms with Gasteiger partial charge in [-0.25, -0.2) is 0 Å². The zero-order chi connectivity index (χ0) is 14.1. The van der Waals surface area contributed by atoms with Crippen molar-refractivity contribution in [1.29, 1.82) is 0 Å². The van der Waals surface area contributed by atoms with Gasteiger partial charge in [-0.15, -0.1) is 0 Å². The summed E-state index contributed by atoms with van der Waals surface area (Å²) in [7, 11) is 0. The van der Waals surface area contributed by atoms with Crippen molar-refractivity contribution in [2.45, 2.75) is 58.9 Å². The predicted octanol–water partition coefficient (Wildman–Crippen LogP) is 2.56.